The molecule has 39 heavy (non-hydrogen) atoms. The second-order valence-corrected chi connectivity index (χ2v) is 14.5. The number of ether oxygens (including phenoxy) is 2. The van der Waals surface area contributed by atoms with E-state index in [2.05, 4.69) is 4.90 Å². The summed E-state index contributed by atoms with van der Waals surface area (Å²) in [6.07, 6.45) is 1.74. The number of benzene rings is 1. The molecular formula is C26H33ClN4O5S3. The van der Waals surface area contributed by atoms with Crippen LogP contribution in [0.4, 0.5) is 5.13 Å². The average molecular weight is 613 g/mol. The first kappa shape index (κ1) is 28.7. The van der Waals surface area contributed by atoms with Crippen LogP contribution in [0.2, 0.25) is 4.34 Å². The number of hydrogen-bond acceptors (Lipinski definition) is 9. The number of sulfonamides is 1. The molecule has 9 nitrogen and oxygen atoms in total. The lowest BCUT2D eigenvalue weighted by molar-refractivity contribution is -0.123. The van der Waals surface area contributed by atoms with Crippen LogP contribution in [0.25, 0.3) is 10.2 Å². The Bertz CT molecular complexity index is 1380. The van der Waals surface area contributed by atoms with Crippen LogP contribution in [0.15, 0.2) is 34.5 Å². The van der Waals surface area contributed by atoms with E-state index in [-0.39, 0.29) is 16.0 Å². The Labute approximate surface area is 242 Å². The van der Waals surface area contributed by atoms with Crippen molar-refractivity contribution >= 4 is 65.6 Å². The number of aromatic nitrogens is 1. The van der Waals surface area contributed by atoms with Crippen molar-refractivity contribution in [3.63, 3.8) is 0 Å². The predicted octanol–water partition coefficient (Wildman–Crippen LogP) is 4.57. The van der Waals surface area contributed by atoms with Gasteiger partial charge in [0.2, 0.25) is 5.91 Å². The summed E-state index contributed by atoms with van der Waals surface area (Å²) >= 11 is 8.52. The molecule has 0 unspecified atom stereocenters. The Morgan fingerprint density at radius 1 is 1.15 bits per heavy atom. The van der Waals surface area contributed by atoms with Crippen LogP contribution in [-0.2, 0) is 19.6 Å². The molecule has 1 aromatic carbocycles. The molecule has 0 saturated carbocycles. The zero-order valence-electron chi connectivity index (χ0n) is 21.9. The highest BCUT2D eigenvalue weighted by Crippen LogP contribution is 2.36. The van der Waals surface area contributed by atoms with Crippen molar-refractivity contribution in [3.8, 4) is 5.75 Å². The molecule has 0 bridgehead atoms. The molecular weight excluding hydrogens is 580 g/mol. The molecule has 0 N–H and O–H groups in total. The molecule has 3 aromatic rings. The fourth-order valence-electron chi connectivity index (χ4n) is 5.00. The molecule has 212 valence electrons. The quantitative estimate of drug-likeness (QED) is 0.331. The van der Waals surface area contributed by atoms with Gasteiger partial charge in [-0.15, -0.1) is 11.3 Å². The monoisotopic (exact) mass is 612 g/mol. The SMILES string of the molecule is CCOc1cccc2sc(N(CCCN3CCOCC3)C(=O)C3CCN(S(=O)(=O)c4ccc(Cl)s4)CC3)nc12. The largest absolute Gasteiger partial charge is 0.492 e. The molecule has 2 aromatic heterocycles. The van der Waals surface area contributed by atoms with Gasteiger partial charge in [0.15, 0.2) is 5.13 Å². The molecule has 0 radical (unpaired) electrons. The normalized spacial score (nSPS) is 18.0. The highest BCUT2D eigenvalue weighted by Gasteiger charge is 2.35. The molecule has 0 aliphatic carbocycles. The third kappa shape index (κ3) is 6.58. The number of halogens is 1. The highest BCUT2D eigenvalue weighted by atomic mass is 35.5. The molecule has 2 saturated heterocycles. The van der Waals surface area contributed by atoms with Gasteiger partial charge in [-0.05, 0) is 50.5 Å². The number of hydrogen-bond donors (Lipinski definition) is 0. The van der Waals surface area contributed by atoms with E-state index in [4.69, 9.17) is 26.1 Å². The Hall–Kier alpha value is -1.80. The Balaban J connectivity index is 1.32. The third-order valence-electron chi connectivity index (χ3n) is 7.07. The van der Waals surface area contributed by atoms with Crippen LogP contribution in [0.3, 0.4) is 0 Å². The minimum absolute atomic E-state index is 0.00482. The van der Waals surface area contributed by atoms with Crippen molar-refractivity contribution in [2.75, 3.05) is 64.0 Å². The lowest BCUT2D eigenvalue weighted by Gasteiger charge is -2.33. The average Bonchev–Trinajstić information content (AvgIpc) is 3.59. The van der Waals surface area contributed by atoms with E-state index in [0.717, 1.165) is 60.8 Å². The summed E-state index contributed by atoms with van der Waals surface area (Å²) in [5, 5.41) is 0.660. The van der Waals surface area contributed by atoms with Gasteiger partial charge in [0.25, 0.3) is 10.0 Å². The topological polar surface area (TPSA) is 92.3 Å². The van der Waals surface area contributed by atoms with Gasteiger partial charge in [0.1, 0.15) is 15.5 Å². The lowest BCUT2D eigenvalue weighted by atomic mass is 9.96. The van der Waals surface area contributed by atoms with Gasteiger partial charge in [-0.3, -0.25) is 14.6 Å². The lowest BCUT2D eigenvalue weighted by Crippen LogP contribution is -2.45. The van der Waals surface area contributed by atoms with E-state index in [0.29, 0.717) is 54.3 Å². The number of piperidine rings is 1. The number of thiazole rings is 1. The van der Waals surface area contributed by atoms with Gasteiger partial charge in [-0.25, -0.2) is 13.4 Å². The van der Waals surface area contributed by atoms with E-state index in [1.165, 1.54) is 15.6 Å². The van der Waals surface area contributed by atoms with Gasteiger partial charge in [-0.1, -0.05) is 29.0 Å². The molecule has 2 aliphatic heterocycles. The molecule has 0 atom stereocenters. The van der Waals surface area contributed by atoms with Gasteiger partial charge in [-0.2, -0.15) is 4.31 Å². The van der Waals surface area contributed by atoms with Crippen molar-refractivity contribution < 1.29 is 22.7 Å². The number of rotatable bonds is 10. The van der Waals surface area contributed by atoms with Gasteiger partial charge < -0.3 is 9.47 Å². The standard InChI is InChI=1S/C26H33ClN4O5S3/c1-2-36-20-5-3-6-21-24(20)28-26(37-21)31(12-4-11-29-15-17-35-18-16-29)25(32)19-9-13-30(14-10-19)39(33,34)23-8-7-22(27)38-23/h3,5-8,19H,2,4,9-18H2,1H3. The van der Waals surface area contributed by atoms with Gasteiger partial charge in [0.05, 0.1) is 28.9 Å². The van der Waals surface area contributed by atoms with E-state index in [1.807, 2.05) is 30.0 Å². The van der Waals surface area contributed by atoms with Crippen molar-refractivity contribution in [2.45, 2.75) is 30.4 Å². The van der Waals surface area contributed by atoms with E-state index < -0.39 is 10.0 Å². The molecule has 13 heteroatoms. The highest BCUT2D eigenvalue weighted by molar-refractivity contribution is 7.91. The van der Waals surface area contributed by atoms with Crippen LogP contribution in [0.5, 0.6) is 5.75 Å². The second kappa shape index (κ2) is 12.8. The Kier molecular flexibility index (Phi) is 9.42. The Morgan fingerprint density at radius 2 is 1.92 bits per heavy atom. The molecule has 2 aliphatic rings. The van der Waals surface area contributed by atoms with Crippen LogP contribution in [0.1, 0.15) is 26.2 Å². The maximum absolute atomic E-state index is 13.9. The number of nitrogens with zero attached hydrogens (tertiary/aromatic N) is 4. The summed E-state index contributed by atoms with van der Waals surface area (Å²) in [6.45, 7) is 7.76. The van der Waals surface area contributed by atoms with Gasteiger partial charge >= 0.3 is 0 Å². The summed E-state index contributed by atoms with van der Waals surface area (Å²) in [4.78, 5) is 23.0. The zero-order chi connectivity index (χ0) is 27.4. The fraction of sp³-hybridized carbons (Fsp3) is 0.538. The Morgan fingerprint density at radius 3 is 2.62 bits per heavy atom. The first-order valence-electron chi connectivity index (χ1n) is 13.3. The van der Waals surface area contributed by atoms with Crippen LogP contribution < -0.4 is 9.64 Å². The zero-order valence-corrected chi connectivity index (χ0v) is 25.1. The summed E-state index contributed by atoms with van der Waals surface area (Å²) in [7, 11) is -3.61. The number of fused-ring (bicyclic) bond motifs is 1. The molecule has 1 amide bonds. The first-order chi connectivity index (χ1) is 18.9. The van der Waals surface area contributed by atoms with Crippen LogP contribution in [0, 0.1) is 5.92 Å². The van der Waals surface area contributed by atoms with Crippen molar-refractivity contribution in [1.29, 1.82) is 0 Å². The number of anilines is 1. The van der Waals surface area contributed by atoms with E-state index in [1.54, 1.807) is 12.1 Å². The number of para-hydroxylation sites is 1. The fourth-order valence-corrected chi connectivity index (χ4v) is 9.12. The third-order valence-corrected chi connectivity index (χ3v) is 11.7. The van der Waals surface area contributed by atoms with Crippen molar-refractivity contribution in [1.82, 2.24) is 14.2 Å². The number of thiophene rings is 1. The molecule has 5 rings (SSSR count). The number of carbonyl (C=O) groups is 1. The summed E-state index contributed by atoms with van der Waals surface area (Å²) in [6, 6.07) is 8.97. The summed E-state index contributed by atoms with van der Waals surface area (Å²) in [5.41, 5.74) is 0.765. The number of amides is 1. The number of morpholine rings is 1. The van der Waals surface area contributed by atoms with Crippen LogP contribution in [-0.4, -0.2) is 87.6 Å². The summed E-state index contributed by atoms with van der Waals surface area (Å²) in [5.74, 6) is 0.445. The molecule has 0 spiro atoms. The van der Waals surface area contributed by atoms with Crippen molar-refractivity contribution in [2.24, 2.45) is 5.92 Å². The predicted molar refractivity (Wildman–Crippen MR) is 156 cm³/mol. The van der Waals surface area contributed by atoms with Gasteiger partial charge in [0, 0.05) is 45.2 Å². The minimum Gasteiger partial charge on any atom is -0.492 e. The maximum Gasteiger partial charge on any atom is 0.252 e. The van der Waals surface area contributed by atoms with E-state index in [9.17, 15) is 13.2 Å². The number of carbonyl (C=O) groups excluding carboxylic acids is 1. The van der Waals surface area contributed by atoms with Crippen molar-refractivity contribution in [3.05, 3.63) is 34.7 Å². The minimum atomic E-state index is -3.61. The maximum atomic E-state index is 13.9. The summed E-state index contributed by atoms with van der Waals surface area (Å²) < 4.78 is 40.5. The first-order valence-corrected chi connectivity index (χ1v) is 16.7. The van der Waals surface area contributed by atoms with Crippen LogP contribution >= 0.6 is 34.3 Å². The van der Waals surface area contributed by atoms with E-state index >= 15 is 0 Å². The smallest absolute Gasteiger partial charge is 0.252 e. The molecule has 4 heterocycles. The second-order valence-electron chi connectivity index (χ2n) is 9.57. The molecule has 2 fully saturated rings.